The molecule has 0 saturated carbocycles. The average Bonchev–Trinajstić information content (AvgIpc) is 2.97. The molecule has 4 heteroatoms. The Hall–Kier alpha value is -1.88. The van der Waals surface area contributed by atoms with E-state index in [0.717, 1.165) is 29.9 Å². The van der Waals surface area contributed by atoms with Crippen LogP contribution in [-0.4, -0.2) is 29.4 Å². The molecular formula is C16H17N3O. The van der Waals surface area contributed by atoms with Crippen molar-refractivity contribution < 1.29 is 5.11 Å². The molecule has 0 radical (unpaired) electrons. The van der Waals surface area contributed by atoms with Crippen LogP contribution in [0.1, 0.15) is 11.1 Å². The molecule has 4 rings (SSSR count). The lowest BCUT2D eigenvalue weighted by Gasteiger charge is -2.46. The maximum absolute atomic E-state index is 11.5. The normalized spacial score (nSPS) is 28.6. The Morgan fingerprint density at radius 2 is 1.80 bits per heavy atom. The second-order valence-corrected chi connectivity index (χ2v) is 5.28. The van der Waals surface area contributed by atoms with Gasteiger partial charge in [0.1, 0.15) is 6.29 Å². The van der Waals surface area contributed by atoms with Crippen LogP contribution in [0.4, 0.5) is 5.69 Å². The van der Waals surface area contributed by atoms with Gasteiger partial charge in [-0.2, -0.15) is 0 Å². The van der Waals surface area contributed by atoms with E-state index in [2.05, 4.69) is 15.5 Å². The molecule has 0 aliphatic carbocycles. The number of nitrogens with zero attached hydrogens (tertiary/aromatic N) is 1. The van der Waals surface area contributed by atoms with E-state index in [4.69, 9.17) is 0 Å². The molecule has 0 amide bonds. The quantitative estimate of drug-likeness (QED) is 0.733. The highest BCUT2D eigenvalue weighted by atomic mass is 16.3. The van der Waals surface area contributed by atoms with Crippen LogP contribution >= 0.6 is 0 Å². The minimum atomic E-state index is -1.09. The van der Waals surface area contributed by atoms with Crippen LogP contribution in [-0.2, 0) is 5.72 Å². The van der Waals surface area contributed by atoms with E-state index in [1.54, 1.807) is 0 Å². The van der Waals surface area contributed by atoms with E-state index in [1.807, 2.05) is 54.6 Å². The van der Waals surface area contributed by atoms with Gasteiger partial charge in [0.25, 0.3) is 0 Å². The topological polar surface area (TPSA) is 47.5 Å². The summed E-state index contributed by atoms with van der Waals surface area (Å²) in [6, 6.07) is 17.8. The molecule has 0 spiro atoms. The zero-order valence-electron chi connectivity index (χ0n) is 11.1. The fourth-order valence-corrected chi connectivity index (χ4v) is 3.25. The number of anilines is 1. The maximum Gasteiger partial charge on any atom is 0.175 e. The van der Waals surface area contributed by atoms with E-state index in [9.17, 15) is 5.11 Å². The largest absolute Gasteiger partial charge is 0.367 e. The predicted octanol–water partition coefficient (Wildman–Crippen LogP) is 1.49. The molecule has 2 unspecified atom stereocenters. The van der Waals surface area contributed by atoms with E-state index >= 15 is 0 Å². The van der Waals surface area contributed by atoms with Crippen molar-refractivity contribution >= 4 is 5.69 Å². The summed E-state index contributed by atoms with van der Waals surface area (Å²) in [5, 5.41) is 18.3. The molecule has 4 nitrogen and oxygen atoms in total. The summed E-state index contributed by atoms with van der Waals surface area (Å²) in [5.41, 5.74) is 1.71. The van der Waals surface area contributed by atoms with Crippen molar-refractivity contribution in [3.05, 3.63) is 65.7 Å². The zero-order chi connectivity index (χ0) is 13.6. The minimum Gasteiger partial charge on any atom is -0.367 e. The summed E-state index contributed by atoms with van der Waals surface area (Å²) < 4.78 is 0. The fraction of sp³-hybridized carbons (Fsp3) is 0.250. The zero-order valence-corrected chi connectivity index (χ0v) is 11.1. The van der Waals surface area contributed by atoms with Crippen molar-refractivity contribution in [2.75, 3.05) is 18.4 Å². The molecule has 2 aliphatic rings. The summed E-state index contributed by atoms with van der Waals surface area (Å²) in [5.74, 6) is 0. The average molecular weight is 267 g/mol. The van der Waals surface area contributed by atoms with E-state index in [1.165, 1.54) is 0 Å². The van der Waals surface area contributed by atoms with E-state index < -0.39 is 5.72 Å². The molecular weight excluding hydrogens is 250 g/mol. The summed E-state index contributed by atoms with van der Waals surface area (Å²) in [6.45, 7) is 1.66. The van der Waals surface area contributed by atoms with Gasteiger partial charge in [-0.1, -0.05) is 48.5 Å². The molecule has 2 atom stereocenters. The Morgan fingerprint density at radius 1 is 1.05 bits per heavy atom. The Balaban J connectivity index is 1.95. The molecule has 1 saturated heterocycles. The van der Waals surface area contributed by atoms with Crippen LogP contribution in [0.5, 0.6) is 0 Å². The Morgan fingerprint density at radius 3 is 2.65 bits per heavy atom. The van der Waals surface area contributed by atoms with Gasteiger partial charge < -0.3 is 10.4 Å². The molecule has 3 N–H and O–H groups in total. The fourth-order valence-electron chi connectivity index (χ4n) is 3.25. The first-order valence-electron chi connectivity index (χ1n) is 6.94. The Labute approximate surface area is 118 Å². The second-order valence-electron chi connectivity index (χ2n) is 5.28. The lowest BCUT2D eigenvalue weighted by molar-refractivity contribution is -0.0902. The van der Waals surface area contributed by atoms with Crippen molar-refractivity contribution in [2.24, 2.45) is 0 Å². The van der Waals surface area contributed by atoms with Crippen LogP contribution in [0, 0.1) is 0 Å². The van der Waals surface area contributed by atoms with Gasteiger partial charge in [-0.05, 0) is 6.07 Å². The van der Waals surface area contributed by atoms with Gasteiger partial charge in [-0.3, -0.25) is 5.32 Å². The molecule has 102 valence electrons. The number of benzene rings is 2. The van der Waals surface area contributed by atoms with Crippen molar-refractivity contribution in [3.8, 4) is 0 Å². The third-order valence-corrected chi connectivity index (χ3v) is 4.19. The van der Waals surface area contributed by atoms with Crippen LogP contribution < -0.4 is 10.6 Å². The molecule has 0 bridgehead atoms. The number of nitrogens with one attached hydrogen (secondary N) is 2. The molecule has 2 aromatic rings. The molecule has 2 aromatic carbocycles. The minimum absolute atomic E-state index is 0.0323. The van der Waals surface area contributed by atoms with Crippen molar-refractivity contribution in [3.63, 3.8) is 0 Å². The maximum atomic E-state index is 11.5. The monoisotopic (exact) mass is 267 g/mol. The van der Waals surface area contributed by atoms with Crippen LogP contribution in [0.15, 0.2) is 54.6 Å². The van der Waals surface area contributed by atoms with Gasteiger partial charge in [0, 0.05) is 29.9 Å². The second kappa shape index (κ2) is 4.31. The van der Waals surface area contributed by atoms with Gasteiger partial charge in [0.05, 0.1) is 0 Å². The van der Waals surface area contributed by atoms with E-state index in [-0.39, 0.29) is 6.29 Å². The SMILES string of the molecule is OC1(c2ccccc2)c2ccccc2NC2NCCN21. The van der Waals surface area contributed by atoms with Crippen molar-refractivity contribution in [1.82, 2.24) is 10.2 Å². The van der Waals surface area contributed by atoms with Crippen molar-refractivity contribution in [1.29, 1.82) is 0 Å². The lowest BCUT2D eigenvalue weighted by Crippen LogP contribution is -2.58. The highest BCUT2D eigenvalue weighted by molar-refractivity contribution is 5.59. The number of rotatable bonds is 1. The van der Waals surface area contributed by atoms with E-state index in [0.29, 0.717) is 0 Å². The first-order chi connectivity index (χ1) is 9.80. The summed E-state index contributed by atoms with van der Waals surface area (Å²) in [6.07, 6.45) is -0.0323. The summed E-state index contributed by atoms with van der Waals surface area (Å²) in [7, 11) is 0. The summed E-state index contributed by atoms with van der Waals surface area (Å²) >= 11 is 0. The van der Waals surface area contributed by atoms with Gasteiger partial charge >= 0.3 is 0 Å². The first-order valence-corrected chi connectivity index (χ1v) is 6.94. The predicted molar refractivity (Wildman–Crippen MR) is 78.0 cm³/mol. The number of fused-ring (bicyclic) bond motifs is 2. The number of aliphatic hydroxyl groups is 1. The van der Waals surface area contributed by atoms with Crippen LogP contribution in [0.2, 0.25) is 0 Å². The van der Waals surface area contributed by atoms with Crippen molar-refractivity contribution in [2.45, 2.75) is 12.0 Å². The summed E-state index contributed by atoms with van der Waals surface area (Å²) in [4.78, 5) is 2.07. The highest BCUT2D eigenvalue weighted by Gasteiger charge is 2.48. The molecule has 2 aliphatic heterocycles. The Bertz CT molecular complexity index is 631. The number of para-hydroxylation sites is 1. The van der Waals surface area contributed by atoms with Gasteiger partial charge in [-0.25, -0.2) is 4.90 Å². The third-order valence-electron chi connectivity index (χ3n) is 4.19. The molecule has 20 heavy (non-hydrogen) atoms. The molecule has 2 heterocycles. The molecule has 1 fully saturated rings. The standard InChI is InChI=1S/C16H17N3O/c20-16(12-6-2-1-3-7-12)13-8-4-5-9-14(13)18-15-17-10-11-19(15)16/h1-9,15,17-18,20H,10-11H2. The van der Waals surface area contributed by atoms with Crippen LogP contribution in [0.3, 0.4) is 0 Å². The van der Waals surface area contributed by atoms with Crippen LogP contribution in [0.25, 0.3) is 0 Å². The lowest BCUT2D eigenvalue weighted by atomic mass is 9.90. The molecule has 0 aromatic heterocycles. The smallest absolute Gasteiger partial charge is 0.175 e. The highest BCUT2D eigenvalue weighted by Crippen LogP contribution is 2.42. The van der Waals surface area contributed by atoms with Gasteiger partial charge in [0.15, 0.2) is 5.72 Å². The van der Waals surface area contributed by atoms with Gasteiger partial charge in [-0.15, -0.1) is 0 Å². The third kappa shape index (κ3) is 1.53. The first kappa shape index (κ1) is 11.9. The van der Waals surface area contributed by atoms with Gasteiger partial charge in [0.2, 0.25) is 0 Å². The number of hydrogen-bond acceptors (Lipinski definition) is 4. The number of hydrogen-bond donors (Lipinski definition) is 3. The Kier molecular flexibility index (Phi) is 2.57.